The molecule has 3 rings (SSSR count). The van der Waals surface area contributed by atoms with E-state index in [4.69, 9.17) is 15.2 Å². The van der Waals surface area contributed by atoms with Crippen molar-refractivity contribution in [3.63, 3.8) is 0 Å². The Hall–Kier alpha value is -3.02. The van der Waals surface area contributed by atoms with Crippen molar-refractivity contribution in [1.29, 1.82) is 0 Å². The van der Waals surface area contributed by atoms with Crippen LogP contribution in [0.5, 0.6) is 11.5 Å². The number of carbonyl (C=O) groups is 2. The van der Waals surface area contributed by atoms with Gasteiger partial charge in [0.1, 0.15) is 0 Å². The summed E-state index contributed by atoms with van der Waals surface area (Å²) in [6.07, 6.45) is 0.846. The molecule has 2 aromatic carbocycles. The Morgan fingerprint density at radius 1 is 1.17 bits per heavy atom. The number of hydrogen-bond donors (Lipinski definition) is 1. The van der Waals surface area contributed by atoms with Crippen molar-refractivity contribution < 1.29 is 19.1 Å². The summed E-state index contributed by atoms with van der Waals surface area (Å²) in [6.45, 7) is 0.406. The van der Waals surface area contributed by atoms with Crippen LogP contribution in [0.15, 0.2) is 42.5 Å². The van der Waals surface area contributed by atoms with Crippen molar-refractivity contribution in [3.8, 4) is 11.5 Å². The Kier molecular flexibility index (Phi) is 4.37. The highest BCUT2D eigenvalue weighted by molar-refractivity contribution is 6.07. The van der Waals surface area contributed by atoms with E-state index >= 15 is 0 Å². The van der Waals surface area contributed by atoms with E-state index in [-0.39, 0.29) is 12.5 Å². The Morgan fingerprint density at radius 2 is 1.96 bits per heavy atom. The number of benzene rings is 2. The largest absolute Gasteiger partial charge is 0.493 e. The summed E-state index contributed by atoms with van der Waals surface area (Å²) in [7, 11) is 1.48. The molecule has 1 heterocycles. The van der Waals surface area contributed by atoms with E-state index in [1.807, 2.05) is 24.3 Å². The van der Waals surface area contributed by atoms with Gasteiger partial charge in [0.25, 0.3) is 11.8 Å². The summed E-state index contributed by atoms with van der Waals surface area (Å²) in [5, 5.41) is 0. The van der Waals surface area contributed by atoms with E-state index < -0.39 is 5.91 Å². The number of methoxy groups -OCH3 is 1. The maximum absolute atomic E-state index is 12.8. The number of hydrogen-bond acceptors (Lipinski definition) is 4. The van der Waals surface area contributed by atoms with Crippen LogP contribution >= 0.6 is 0 Å². The number of fused-ring (bicyclic) bond motifs is 1. The average molecular weight is 326 g/mol. The molecule has 1 aliphatic heterocycles. The standard InChI is InChI=1S/C18H18N2O4/c1-23-16-10-13(6-7-15(16)24-11-17(19)21)18(22)20-9-8-12-4-2-3-5-14(12)20/h2-7,10H,8-9,11H2,1H3,(H2,19,21). The Labute approximate surface area is 139 Å². The third-order valence-corrected chi connectivity index (χ3v) is 3.91. The molecule has 0 saturated carbocycles. The zero-order valence-electron chi connectivity index (χ0n) is 13.3. The smallest absolute Gasteiger partial charge is 0.258 e. The number of ether oxygens (including phenoxy) is 2. The van der Waals surface area contributed by atoms with Crippen molar-refractivity contribution in [2.24, 2.45) is 5.73 Å². The number of para-hydroxylation sites is 1. The van der Waals surface area contributed by atoms with Crippen LogP contribution in [0.2, 0.25) is 0 Å². The SMILES string of the molecule is COc1cc(C(=O)N2CCc3ccccc32)ccc1OCC(N)=O. The Bertz CT molecular complexity index is 788. The Balaban J connectivity index is 1.85. The van der Waals surface area contributed by atoms with Crippen LogP contribution in [0.3, 0.4) is 0 Å². The number of amides is 2. The fraction of sp³-hybridized carbons (Fsp3) is 0.222. The molecule has 1 aliphatic rings. The minimum atomic E-state index is -0.578. The van der Waals surface area contributed by atoms with Crippen LogP contribution in [0.25, 0.3) is 0 Å². The van der Waals surface area contributed by atoms with Gasteiger partial charge < -0.3 is 20.1 Å². The lowest BCUT2D eigenvalue weighted by Crippen LogP contribution is -2.28. The summed E-state index contributed by atoms with van der Waals surface area (Å²) in [6, 6.07) is 12.7. The monoisotopic (exact) mass is 326 g/mol. The molecule has 24 heavy (non-hydrogen) atoms. The Morgan fingerprint density at radius 3 is 2.71 bits per heavy atom. The molecule has 0 unspecified atom stereocenters. The summed E-state index contributed by atoms with van der Waals surface area (Å²) in [4.78, 5) is 25.4. The lowest BCUT2D eigenvalue weighted by Gasteiger charge is -2.18. The van der Waals surface area contributed by atoms with E-state index in [0.29, 0.717) is 23.6 Å². The van der Waals surface area contributed by atoms with Crippen molar-refractivity contribution in [1.82, 2.24) is 0 Å². The molecule has 0 fully saturated rings. The van der Waals surface area contributed by atoms with E-state index in [9.17, 15) is 9.59 Å². The minimum absolute atomic E-state index is 0.0975. The normalized spacial score (nSPS) is 12.6. The quantitative estimate of drug-likeness (QED) is 0.908. The number of nitrogens with two attached hydrogens (primary N) is 1. The van der Waals surface area contributed by atoms with Crippen LogP contribution in [-0.4, -0.2) is 32.1 Å². The summed E-state index contributed by atoms with van der Waals surface area (Å²) in [5.74, 6) is 0.0786. The van der Waals surface area contributed by atoms with Gasteiger partial charge in [0.2, 0.25) is 0 Å². The molecule has 0 atom stereocenters. The first-order valence-electron chi connectivity index (χ1n) is 7.59. The zero-order chi connectivity index (χ0) is 17.1. The number of primary amides is 1. The summed E-state index contributed by atoms with van der Waals surface area (Å²) >= 11 is 0. The summed E-state index contributed by atoms with van der Waals surface area (Å²) < 4.78 is 10.5. The average Bonchev–Trinajstić information content (AvgIpc) is 3.03. The van der Waals surface area contributed by atoms with Crippen molar-refractivity contribution in [2.75, 3.05) is 25.2 Å². The van der Waals surface area contributed by atoms with E-state index in [1.54, 1.807) is 23.1 Å². The first-order valence-corrected chi connectivity index (χ1v) is 7.59. The van der Waals surface area contributed by atoms with Gasteiger partial charge in [0, 0.05) is 17.8 Å². The maximum atomic E-state index is 12.8. The van der Waals surface area contributed by atoms with Crippen molar-refractivity contribution >= 4 is 17.5 Å². The molecular formula is C18H18N2O4. The van der Waals surface area contributed by atoms with E-state index in [0.717, 1.165) is 12.1 Å². The van der Waals surface area contributed by atoms with Gasteiger partial charge in [-0.15, -0.1) is 0 Å². The number of rotatable bonds is 5. The third-order valence-electron chi connectivity index (χ3n) is 3.91. The zero-order valence-corrected chi connectivity index (χ0v) is 13.3. The highest BCUT2D eigenvalue weighted by Gasteiger charge is 2.25. The number of nitrogens with zero attached hydrogens (tertiary/aromatic N) is 1. The van der Waals surface area contributed by atoms with Gasteiger partial charge in [0.05, 0.1) is 7.11 Å². The molecule has 6 heteroatoms. The molecule has 0 saturated heterocycles. The van der Waals surface area contributed by atoms with Crippen molar-refractivity contribution in [3.05, 3.63) is 53.6 Å². The molecular weight excluding hydrogens is 308 g/mol. The molecule has 0 aromatic heterocycles. The van der Waals surface area contributed by atoms with Gasteiger partial charge in [-0.3, -0.25) is 9.59 Å². The molecule has 0 spiro atoms. The van der Waals surface area contributed by atoms with Crippen molar-refractivity contribution in [2.45, 2.75) is 6.42 Å². The van der Waals surface area contributed by atoms with Crippen LogP contribution < -0.4 is 20.1 Å². The molecule has 124 valence electrons. The van der Waals surface area contributed by atoms with Gasteiger partial charge in [0.15, 0.2) is 18.1 Å². The topological polar surface area (TPSA) is 81.9 Å². The minimum Gasteiger partial charge on any atom is -0.493 e. The van der Waals surface area contributed by atoms with Gasteiger partial charge in [-0.2, -0.15) is 0 Å². The first kappa shape index (κ1) is 15.9. The van der Waals surface area contributed by atoms with Crippen LogP contribution in [0.4, 0.5) is 5.69 Å². The van der Waals surface area contributed by atoms with Gasteiger partial charge in [-0.25, -0.2) is 0 Å². The molecule has 0 radical (unpaired) electrons. The molecule has 2 amide bonds. The predicted molar refractivity (Wildman–Crippen MR) is 89.5 cm³/mol. The molecule has 6 nitrogen and oxygen atoms in total. The lowest BCUT2D eigenvalue weighted by molar-refractivity contribution is -0.119. The highest BCUT2D eigenvalue weighted by Crippen LogP contribution is 2.32. The third kappa shape index (κ3) is 3.03. The highest BCUT2D eigenvalue weighted by atomic mass is 16.5. The lowest BCUT2D eigenvalue weighted by atomic mass is 10.1. The predicted octanol–water partition coefficient (Wildman–Crippen LogP) is 1.76. The fourth-order valence-corrected chi connectivity index (χ4v) is 2.77. The maximum Gasteiger partial charge on any atom is 0.258 e. The first-order chi connectivity index (χ1) is 11.6. The second-order valence-electron chi connectivity index (χ2n) is 5.46. The van der Waals surface area contributed by atoms with Gasteiger partial charge in [-0.05, 0) is 36.2 Å². The van der Waals surface area contributed by atoms with Crippen LogP contribution in [0, 0.1) is 0 Å². The molecule has 2 aromatic rings. The summed E-state index contributed by atoms with van der Waals surface area (Å²) in [5.41, 5.74) is 7.67. The van der Waals surface area contributed by atoms with Crippen LogP contribution in [0.1, 0.15) is 15.9 Å². The van der Waals surface area contributed by atoms with Gasteiger partial charge >= 0.3 is 0 Å². The molecule has 0 bridgehead atoms. The van der Waals surface area contributed by atoms with E-state index in [2.05, 4.69) is 0 Å². The molecule has 0 aliphatic carbocycles. The number of carbonyl (C=O) groups excluding carboxylic acids is 2. The second-order valence-corrected chi connectivity index (χ2v) is 5.46. The van der Waals surface area contributed by atoms with E-state index in [1.165, 1.54) is 12.7 Å². The van der Waals surface area contributed by atoms with Gasteiger partial charge in [-0.1, -0.05) is 18.2 Å². The van der Waals surface area contributed by atoms with Crippen LogP contribution in [-0.2, 0) is 11.2 Å². The second kappa shape index (κ2) is 6.62. The number of anilines is 1. The fourth-order valence-electron chi connectivity index (χ4n) is 2.77. The molecule has 2 N–H and O–H groups in total.